The molecule has 1 aromatic carbocycles. The van der Waals surface area contributed by atoms with E-state index in [0.29, 0.717) is 29.6 Å². The van der Waals surface area contributed by atoms with Gasteiger partial charge in [0.05, 0.1) is 6.33 Å². The minimum absolute atomic E-state index is 0.158. The Labute approximate surface area is 189 Å². The van der Waals surface area contributed by atoms with E-state index >= 15 is 0 Å². The number of nitrogens with one attached hydrogen (secondary N) is 1. The summed E-state index contributed by atoms with van der Waals surface area (Å²) in [7, 11) is 0. The second kappa shape index (κ2) is 9.14. The molecular formula is C26H35FN2O3. The Hall–Kier alpha value is -1.92. The summed E-state index contributed by atoms with van der Waals surface area (Å²) in [6.07, 6.45) is 8.23. The molecule has 0 aromatic heterocycles. The summed E-state index contributed by atoms with van der Waals surface area (Å²) in [6, 6.07) is 8.63. The van der Waals surface area contributed by atoms with Crippen molar-refractivity contribution in [2.24, 2.45) is 29.4 Å². The molecule has 174 valence electrons. The quantitative estimate of drug-likeness (QED) is 0.672. The van der Waals surface area contributed by atoms with Gasteiger partial charge in [-0.05, 0) is 85.8 Å². The molecule has 1 saturated heterocycles. The summed E-state index contributed by atoms with van der Waals surface area (Å²) in [6.45, 7) is 1.84. The van der Waals surface area contributed by atoms with Crippen molar-refractivity contribution >= 4 is 5.91 Å². The molecule has 4 saturated carbocycles. The Kier molecular flexibility index (Phi) is 6.26. The van der Waals surface area contributed by atoms with Crippen LogP contribution in [0.5, 0.6) is 5.75 Å². The highest BCUT2D eigenvalue weighted by Gasteiger charge is 2.57. The van der Waals surface area contributed by atoms with Gasteiger partial charge in [0.25, 0.3) is 0 Å². The molecule has 5 nitrogen and oxygen atoms in total. The molecule has 5 aliphatic rings. The van der Waals surface area contributed by atoms with E-state index < -0.39 is 0 Å². The van der Waals surface area contributed by atoms with Crippen LogP contribution in [0.1, 0.15) is 50.5 Å². The Morgan fingerprint density at radius 3 is 2.47 bits per heavy atom. The smallest absolute Gasteiger partial charge is 0.223 e. The number of carbonyl (C=O) groups is 1. The molecule has 32 heavy (non-hydrogen) atoms. The molecule has 1 aliphatic heterocycles. The van der Waals surface area contributed by atoms with Gasteiger partial charge in [0.1, 0.15) is 12.4 Å². The molecule has 4 bridgehead atoms. The molecule has 5 fully saturated rings. The molecular weight excluding hydrogens is 407 g/mol. The van der Waals surface area contributed by atoms with Gasteiger partial charge in [0.2, 0.25) is 5.91 Å². The van der Waals surface area contributed by atoms with Crippen molar-refractivity contribution in [3.8, 4) is 5.75 Å². The molecule has 1 amide bonds. The van der Waals surface area contributed by atoms with Gasteiger partial charge < -0.3 is 20.5 Å². The van der Waals surface area contributed by atoms with Crippen LogP contribution >= 0.6 is 0 Å². The third kappa shape index (κ3) is 4.19. The van der Waals surface area contributed by atoms with Crippen LogP contribution in [0.4, 0.5) is 4.39 Å². The second-order valence-corrected chi connectivity index (χ2v) is 10.5. The number of nitrogens with two attached hydrogens (primary N) is 1. The predicted octanol–water partition coefficient (Wildman–Crippen LogP) is 3.87. The molecule has 6 heteroatoms. The van der Waals surface area contributed by atoms with Crippen LogP contribution in [-0.2, 0) is 14.9 Å². The van der Waals surface area contributed by atoms with E-state index in [2.05, 4.69) is 17.4 Å². The van der Waals surface area contributed by atoms with Gasteiger partial charge in [-0.1, -0.05) is 12.1 Å². The summed E-state index contributed by atoms with van der Waals surface area (Å²) in [5.74, 6) is 2.91. The average Bonchev–Trinajstić information content (AvgIpc) is 2.80. The Morgan fingerprint density at radius 1 is 1.16 bits per heavy atom. The molecule has 2 atom stereocenters. The number of benzene rings is 1. The zero-order chi connectivity index (χ0) is 22.1. The van der Waals surface area contributed by atoms with Crippen LogP contribution in [-0.4, -0.2) is 38.3 Å². The largest absolute Gasteiger partial charge is 0.489 e. The van der Waals surface area contributed by atoms with Crippen molar-refractivity contribution in [1.82, 2.24) is 5.32 Å². The molecule has 1 heterocycles. The lowest BCUT2D eigenvalue weighted by Crippen LogP contribution is -2.57. The number of rotatable bonds is 7. The first-order chi connectivity index (χ1) is 15.6. The molecule has 0 spiro atoms. The first-order valence-corrected chi connectivity index (χ1v) is 12.2. The third-order valence-corrected chi connectivity index (χ3v) is 8.45. The van der Waals surface area contributed by atoms with Gasteiger partial charge in [-0.15, -0.1) is 0 Å². The summed E-state index contributed by atoms with van der Waals surface area (Å²) >= 11 is 0. The first-order valence-electron chi connectivity index (χ1n) is 12.2. The highest BCUT2D eigenvalue weighted by Crippen LogP contribution is 2.63. The van der Waals surface area contributed by atoms with Crippen LogP contribution < -0.4 is 15.8 Å². The van der Waals surface area contributed by atoms with Crippen LogP contribution in [0, 0.1) is 23.7 Å². The highest BCUT2D eigenvalue weighted by molar-refractivity contribution is 5.80. The van der Waals surface area contributed by atoms with E-state index in [9.17, 15) is 9.18 Å². The number of amides is 1. The van der Waals surface area contributed by atoms with E-state index in [1.54, 1.807) is 0 Å². The summed E-state index contributed by atoms with van der Waals surface area (Å²) in [4.78, 5) is 13.3. The number of hydrogen-bond acceptors (Lipinski definition) is 4. The first kappa shape index (κ1) is 21.9. The standard InChI is InChI=1S/C26H35FN2O3/c27-14-18(15-28)16-32-23-3-1-21(2-4-23)26-11-17-9-19(12-26)24(20(10-17)13-26)25(30)29-22-5-7-31-8-6-22/h1-4,14,17,19-20,22,24H,5-13,15-16,28H2,(H,29,30)/b18-14+/t17?,19?,20?,24-,26-. The minimum atomic E-state index is 0.158. The molecule has 6 rings (SSSR count). The van der Waals surface area contributed by atoms with Crippen LogP contribution in [0.15, 0.2) is 36.2 Å². The van der Waals surface area contributed by atoms with E-state index in [0.717, 1.165) is 50.6 Å². The number of carbonyl (C=O) groups excluding carboxylic acids is 1. The number of ether oxygens (including phenoxy) is 2. The summed E-state index contributed by atoms with van der Waals surface area (Å²) in [5, 5.41) is 3.36. The van der Waals surface area contributed by atoms with E-state index in [-0.39, 0.29) is 30.5 Å². The van der Waals surface area contributed by atoms with Crippen molar-refractivity contribution in [3.05, 3.63) is 41.7 Å². The monoisotopic (exact) mass is 442 g/mol. The van der Waals surface area contributed by atoms with Gasteiger partial charge in [-0.25, -0.2) is 4.39 Å². The van der Waals surface area contributed by atoms with E-state index in [1.165, 1.54) is 24.8 Å². The zero-order valence-electron chi connectivity index (χ0n) is 18.7. The Bertz CT molecular complexity index is 833. The predicted molar refractivity (Wildman–Crippen MR) is 121 cm³/mol. The minimum Gasteiger partial charge on any atom is -0.489 e. The Balaban J connectivity index is 1.26. The highest BCUT2D eigenvalue weighted by atomic mass is 19.1. The summed E-state index contributed by atoms with van der Waals surface area (Å²) in [5.41, 5.74) is 7.50. The van der Waals surface area contributed by atoms with E-state index in [1.807, 2.05) is 12.1 Å². The lowest BCUT2D eigenvalue weighted by Gasteiger charge is -2.60. The second-order valence-electron chi connectivity index (χ2n) is 10.5. The molecule has 0 radical (unpaired) electrons. The maximum Gasteiger partial charge on any atom is 0.223 e. The molecule has 1 aromatic rings. The van der Waals surface area contributed by atoms with Gasteiger partial charge in [-0.2, -0.15) is 0 Å². The fourth-order valence-corrected chi connectivity index (χ4v) is 7.16. The van der Waals surface area contributed by atoms with Gasteiger partial charge >= 0.3 is 0 Å². The van der Waals surface area contributed by atoms with Crippen molar-refractivity contribution in [2.75, 3.05) is 26.4 Å². The maximum atomic E-state index is 13.3. The topological polar surface area (TPSA) is 73.6 Å². The van der Waals surface area contributed by atoms with Crippen LogP contribution in [0.25, 0.3) is 0 Å². The average molecular weight is 443 g/mol. The number of halogens is 1. The van der Waals surface area contributed by atoms with E-state index in [4.69, 9.17) is 15.2 Å². The van der Waals surface area contributed by atoms with Gasteiger partial charge in [0.15, 0.2) is 0 Å². The van der Waals surface area contributed by atoms with Crippen molar-refractivity contribution in [2.45, 2.75) is 56.4 Å². The van der Waals surface area contributed by atoms with Gasteiger partial charge in [0, 0.05) is 37.3 Å². The van der Waals surface area contributed by atoms with Gasteiger partial charge in [-0.3, -0.25) is 4.79 Å². The Morgan fingerprint density at radius 2 is 1.84 bits per heavy atom. The lowest BCUT2D eigenvalue weighted by atomic mass is 9.44. The third-order valence-electron chi connectivity index (χ3n) is 8.45. The van der Waals surface area contributed by atoms with Crippen LogP contribution in [0.3, 0.4) is 0 Å². The van der Waals surface area contributed by atoms with Crippen molar-refractivity contribution in [1.29, 1.82) is 0 Å². The molecule has 4 aliphatic carbocycles. The maximum absolute atomic E-state index is 13.3. The molecule has 2 unspecified atom stereocenters. The lowest BCUT2D eigenvalue weighted by molar-refractivity contribution is -0.141. The fraction of sp³-hybridized carbons (Fsp3) is 0.654. The fourth-order valence-electron chi connectivity index (χ4n) is 7.16. The number of hydrogen-bond donors (Lipinski definition) is 2. The SMILES string of the molecule is NC/C(=C\F)COc1ccc([C@]23CC4CC(C2)[C@@H](C(=O)NC2CCOCC2)C(C4)C3)cc1. The zero-order valence-corrected chi connectivity index (χ0v) is 18.7. The molecule has 3 N–H and O–H groups in total. The van der Waals surface area contributed by atoms with Crippen molar-refractivity contribution < 1.29 is 18.7 Å². The van der Waals surface area contributed by atoms with Crippen LogP contribution in [0.2, 0.25) is 0 Å². The summed E-state index contributed by atoms with van der Waals surface area (Å²) < 4.78 is 23.9. The van der Waals surface area contributed by atoms with Crippen molar-refractivity contribution in [3.63, 3.8) is 0 Å². The normalized spacial score (nSPS) is 34.5.